The van der Waals surface area contributed by atoms with Crippen LogP contribution in [0.15, 0.2) is 12.2 Å². The Morgan fingerprint density at radius 1 is 1.40 bits per heavy atom. The fourth-order valence-corrected chi connectivity index (χ4v) is 2.29. The van der Waals surface area contributed by atoms with Crippen LogP contribution < -0.4 is 0 Å². The van der Waals surface area contributed by atoms with Crippen molar-refractivity contribution in [3.8, 4) is 0 Å². The largest absolute Gasteiger partial charge is 0.309 e. The van der Waals surface area contributed by atoms with Gasteiger partial charge in [-0.3, -0.25) is 4.90 Å². The average molecular weight is 231 g/mol. The Bertz CT molecular complexity index is 196. The van der Waals surface area contributed by atoms with Crippen molar-refractivity contribution in [3.63, 3.8) is 0 Å². The van der Waals surface area contributed by atoms with Crippen LogP contribution in [-0.4, -0.2) is 56.0 Å². The van der Waals surface area contributed by atoms with Crippen LogP contribution in [-0.2, 0) is 0 Å². The van der Waals surface area contributed by atoms with Gasteiger partial charge in [0.2, 0.25) is 0 Å². The molecule has 1 aliphatic heterocycles. The van der Waals surface area contributed by atoms with Gasteiger partial charge in [0.1, 0.15) is 0 Å². The molecule has 0 bridgehead atoms. The van der Waals surface area contributed by atoms with Crippen molar-refractivity contribution >= 4 is 11.6 Å². The Kier molecular flexibility index (Phi) is 5.65. The Hall–Kier alpha value is -0.0500. The lowest BCUT2D eigenvalue weighted by Crippen LogP contribution is -2.38. The third-order valence-corrected chi connectivity index (χ3v) is 3.34. The van der Waals surface area contributed by atoms with Crippen LogP contribution in [0, 0.1) is 5.92 Å². The number of halogens is 1. The zero-order chi connectivity index (χ0) is 11.3. The van der Waals surface area contributed by atoms with Crippen LogP contribution in [0.1, 0.15) is 12.8 Å². The van der Waals surface area contributed by atoms with Crippen molar-refractivity contribution in [2.24, 2.45) is 5.92 Å². The maximum absolute atomic E-state index is 5.74. The van der Waals surface area contributed by atoms with E-state index in [1.807, 2.05) is 0 Å². The number of alkyl halides is 1. The van der Waals surface area contributed by atoms with Crippen LogP contribution in [0.3, 0.4) is 0 Å². The molecule has 2 nitrogen and oxygen atoms in total. The van der Waals surface area contributed by atoms with E-state index in [0.717, 1.165) is 18.0 Å². The molecule has 0 radical (unpaired) electrons. The number of nitrogens with zero attached hydrogens (tertiary/aromatic N) is 2. The highest BCUT2D eigenvalue weighted by Crippen LogP contribution is 2.18. The Morgan fingerprint density at radius 2 is 2.00 bits per heavy atom. The summed E-state index contributed by atoms with van der Waals surface area (Å²) < 4.78 is 0. The molecule has 1 rings (SSSR count). The molecule has 3 heteroatoms. The molecule has 0 aromatic heterocycles. The van der Waals surface area contributed by atoms with Crippen LogP contribution in [0.25, 0.3) is 0 Å². The van der Waals surface area contributed by atoms with Gasteiger partial charge in [-0.05, 0) is 51.5 Å². The van der Waals surface area contributed by atoms with E-state index in [4.69, 9.17) is 11.6 Å². The molecule has 1 heterocycles. The van der Waals surface area contributed by atoms with E-state index in [9.17, 15) is 0 Å². The summed E-state index contributed by atoms with van der Waals surface area (Å²) in [5.74, 6) is 1.47. The molecule has 88 valence electrons. The molecule has 0 saturated carbocycles. The molecule has 0 atom stereocenters. The van der Waals surface area contributed by atoms with E-state index in [2.05, 4.69) is 30.5 Å². The van der Waals surface area contributed by atoms with Crippen LogP contribution in [0.2, 0.25) is 0 Å². The standard InChI is InChI=1S/C12H23ClN2/c1-11(8-13)9-15-6-4-12(5-7-15)10-14(2)3/h12H,1,4-10H2,2-3H3. The maximum Gasteiger partial charge on any atom is 0.0443 e. The highest BCUT2D eigenvalue weighted by Gasteiger charge is 2.19. The van der Waals surface area contributed by atoms with E-state index >= 15 is 0 Å². The topological polar surface area (TPSA) is 6.48 Å². The third-order valence-electron chi connectivity index (χ3n) is 2.97. The second kappa shape index (κ2) is 6.51. The zero-order valence-corrected chi connectivity index (χ0v) is 10.8. The van der Waals surface area contributed by atoms with Crippen molar-refractivity contribution < 1.29 is 0 Å². The molecule has 0 aliphatic carbocycles. The van der Waals surface area contributed by atoms with E-state index < -0.39 is 0 Å². The normalized spacial score (nSPS) is 19.7. The Balaban J connectivity index is 2.20. The average Bonchev–Trinajstić information content (AvgIpc) is 2.20. The molecular weight excluding hydrogens is 208 g/mol. The fraction of sp³-hybridized carbons (Fsp3) is 0.833. The minimum atomic E-state index is 0.595. The molecule has 0 unspecified atom stereocenters. The lowest BCUT2D eigenvalue weighted by Gasteiger charge is -2.33. The van der Waals surface area contributed by atoms with Crippen LogP contribution in [0.5, 0.6) is 0 Å². The Labute approximate surface area is 98.9 Å². The molecule has 0 amide bonds. The van der Waals surface area contributed by atoms with E-state index in [-0.39, 0.29) is 0 Å². The summed E-state index contributed by atoms with van der Waals surface area (Å²) in [6.07, 6.45) is 2.63. The van der Waals surface area contributed by atoms with Gasteiger partial charge >= 0.3 is 0 Å². The van der Waals surface area contributed by atoms with Gasteiger partial charge in [-0.2, -0.15) is 0 Å². The highest BCUT2D eigenvalue weighted by molar-refractivity contribution is 6.19. The van der Waals surface area contributed by atoms with Crippen molar-refractivity contribution in [1.82, 2.24) is 9.80 Å². The highest BCUT2D eigenvalue weighted by atomic mass is 35.5. The van der Waals surface area contributed by atoms with E-state index in [0.29, 0.717) is 5.88 Å². The molecule has 0 spiro atoms. The minimum absolute atomic E-state index is 0.595. The number of likely N-dealkylation sites (tertiary alicyclic amines) is 1. The monoisotopic (exact) mass is 230 g/mol. The van der Waals surface area contributed by atoms with Gasteiger partial charge in [-0.15, -0.1) is 11.6 Å². The molecule has 1 fully saturated rings. The predicted octanol–water partition coefficient (Wildman–Crippen LogP) is 2.06. The van der Waals surface area contributed by atoms with E-state index in [1.165, 1.54) is 32.5 Å². The number of hydrogen-bond donors (Lipinski definition) is 0. The maximum atomic E-state index is 5.74. The number of hydrogen-bond acceptors (Lipinski definition) is 2. The summed E-state index contributed by atoms with van der Waals surface area (Å²) >= 11 is 5.74. The van der Waals surface area contributed by atoms with Gasteiger partial charge in [0.05, 0.1) is 0 Å². The Morgan fingerprint density at radius 3 is 2.47 bits per heavy atom. The van der Waals surface area contributed by atoms with Gasteiger partial charge in [0.25, 0.3) is 0 Å². The summed E-state index contributed by atoms with van der Waals surface area (Å²) in [6.45, 7) is 8.57. The lowest BCUT2D eigenvalue weighted by molar-refractivity contribution is 0.172. The summed E-state index contributed by atoms with van der Waals surface area (Å²) in [7, 11) is 4.31. The third kappa shape index (κ3) is 5.01. The smallest absolute Gasteiger partial charge is 0.0443 e. The molecule has 1 aliphatic rings. The first-order valence-corrected chi connectivity index (χ1v) is 6.25. The predicted molar refractivity (Wildman–Crippen MR) is 67.6 cm³/mol. The van der Waals surface area contributed by atoms with E-state index in [1.54, 1.807) is 0 Å². The molecular formula is C12H23ClN2. The lowest BCUT2D eigenvalue weighted by atomic mass is 9.96. The van der Waals surface area contributed by atoms with Crippen molar-refractivity contribution in [2.75, 3.05) is 46.2 Å². The molecule has 1 saturated heterocycles. The molecule has 0 N–H and O–H groups in total. The number of rotatable bonds is 5. The summed E-state index contributed by atoms with van der Waals surface area (Å²) in [6, 6.07) is 0. The molecule has 0 aromatic rings. The summed E-state index contributed by atoms with van der Waals surface area (Å²) in [5.41, 5.74) is 1.14. The number of piperidine rings is 1. The van der Waals surface area contributed by atoms with Crippen LogP contribution >= 0.6 is 11.6 Å². The molecule has 15 heavy (non-hydrogen) atoms. The van der Waals surface area contributed by atoms with Crippen molar-refractivity contribution in [1.29, 1.82) is 0 Å². The second-order valence-electron chi connectivity index (χ2n) is 4.87. The first-order valence-electron chi connectivity index (χ1n) is 5.71. The molecule has 0 aromatic carbocycles. The first-order chi connectivity index (χ1) is 7.11. The minimum Gasteiger partial charge on any atom is -0.309 e. The first kappa shape index (κ1) is 13.0. The quantitative estimate of drug-likeness (QED) is 0.527. The van der Waals surface area contributed by atoms with Crippen molar-refractivity contribution in [2.45, 2.75) is 12.8 Å². The van der Waals surface area contributed by atoms with Gasteiger partial charge < -0.3 is 4.90 Å². The SMILES string of the molecule is C=C(CCl)CN1CCC(CN(C)C)CC1. The second-order valence-corrected chi connectivity index (χ2v) is 5.13. The van der Waals surface area contributed by atoms with Crippen molar-refractivity contribution in [3.05, 3.63) is 12.2 Å². The zero-order valence-electron chi connectivity index (χ0n) is 10.0. The van der Waals surface area contributed by atoms with Gasteiger partial charge in [-0.1, -0.05) is 6.58 Å². The van der Waals surface area contributed by atoms with Gasteiger partial charge in [0.15, 0.2) is 0 Å². The van der Waals surface area contributed by atoms with Crippen LogP contribution in [0.4, 0.5) is 0 Å². The fourth-order valence-electron chi connectivity index (χ4n) is 2.20. The van der Waals surface area contributed by atoms with Gasteiger partial charge in [0, 0.05) is 19.0 Å². The summed E-state index contributed by atoms with van der Waals surface area (Å²) in [4.78, 5) is 4.76. The van der Waals surface area contributed by atoms with Gasteiger partial charge in [-0.25, -0.2) is 0 Å². The summed E-state index contributed by atoms with van der Waals surface area (Å²) in [5, 5.41) is 0.